The van der Waals surface area contributed by atoms with Gasteiger partial charge in [0, 0.05) is 17.1 Å². The summed E-state index contributed by atoms with van der Waals surface area (Å²) in [5, 5.41) is 3.40. The third kappa shape index (κ3) is 1.98. The first-order chi connectivity index (χ1) is 6.81. The van der Waals surface area contributed by atoms with Gasteiger partial charge in [-0.1, -0.05) is 6.92 Å². The van der Waals surface area contributed by atoms with Crippen LogP contribution in [0.5, 0.6) is 0 Å². The van der Waals surface area contributed by atoms with Crippen molar-refractivity contribution in [3.63, 3.8) is 0 Å². The van der Waals surface area contributed by atoms with Gasteiger partial charge < -0.3 is 5.32 Å². The van der Waals surface area contributed by atoms with E-state index in [1.54, 1.807) is 11.5 Å². The highest BCUT2D eigenvalue weighted by molar-refractivity contribution is 7.05. The maximum absolute atomic E-state index is 4.20. The Morgan fingerprint density at radius 1 is 1.50 bits per heavy atom. The molecule has 1 aromatic heterocycles. The molecule has 14 heavy (non-hydrogen) atoms. The van der Waals surface area contributed by atoms with Gasteiger partial charge in [0.15, 0.2) is 0 Å². The van der Waals surface area contributed by atoms with E-state index in [0.29, 0.717) is 6.04 Å². The van der Waals surface area contributed by atoms with Gasteiger partial charge >= 0.3 is 0 Å². The summed E-state index contributed by atoms with van der Waals surface area (Å²) in [5.41, 5.74) is 0. The summed E-state index contributed by atoms with van der Waals surface area (Å²) < 4.78 is 4.20. The van der Waals surface area contributed by atoms with Crippen LogP contribution in [0.4, 0.5) is 0 Å². The van der Waals surface area contributed by atoms with E-state index in [2.05, 4.69) is 29.7 Å². The number of nitrogens with one attached hydrogen (secondary N) is 1. The fraction of sp³-hybridized carbons (Fsp3) is 0.727. The lowest BCUT2D eigenvalue weighted by atomic mass is 9.77. The van der Waals surface area contributed by atoms with E-state index in [4.69, 9.17) is 0 Å². The SMILES string of the molecule is CNC1CCC(C)C(c2ccns2)C1. The molecule has 1 fully saturated rings. The first kappa shape index (κ1) is 10.1. The molecule has 1 aliphatic carbocycles. The second kappa shape index (κ2) is 4.41. The molecule has 1 N–H and O–H groups in total. The van der Waals surface area contributed by atoms with Crippen molar-refractivity contribution in [2.45, 2.75) is 38.1 Å². The van der Waals surface area contributed by atoms with E-state index in [1.165, 1.54) is 24.1 Å². The molecule has 3 unspecified atom stereocenters. The predicted molar refractivity (Wildman–Crippen MR) is 60.7 cm³/mol. The first-order valence-corrected chi connectivity index (χ1v) is 6.16. The first-order valence-electron chi connectivity index (χ1n) is 5.39. The minimum Gasteiger partial charge on any atom is -0.317 e. The van der Waals surface area contributed by atoms with Gasteiger partial charge in [-0.3, -0.25) is 0 Å². The minimum atomic E-state index is 0.707. The molecule has 78 valence electrons. The van der Waals surface area contributed by atoms with Crippen molar-refractivity contribution < 1.29 is 0 Å². The average molecular weight is 210 g/mol. The molecule has 2 rings (SSSR count). The molecule has 0 bridgehead atoms. The largest absolute Gasteiger partial charge is 0.317 e. The van der Waals surface area contributed by atoms with Gasteiger partial charge in [-0.2, -0.15) is 0 Å². The highest BCUT2D eigenvalue weighted by atomic mass is 32.1. The Labute approximate surface area is 89.9 Å². The van der Waals surface area contributed by atoms with Crippen molar-refractivity contribution in [2.24, 2.45) is 5.92 Å². The molecule has 3 atom stereocenters. The summed E-state index contributed by atoms with van der Waals surface area (Å²) in [5.74, 6) is 1.55. The maximum atomic E-state index is 4.20. The lowest BCUT2D eigenvalue weighted by Gasteiger charge is -2.33. The van der Waals surface area contributed by atoms with Crippen LogP contribution in [0.2, 0.25) is 0 Å². The number of hydrogen-bond acceptors (Lipinski definition) is 3. The Morgan fingerprint density at radius 3 is 3.00 bits per heavy atom. The monoisotopic (exact) mass is 210 g/mol. The van der Waals surface area contributed by atoms with Crippen LogP contribution in [-0.2, 0) is 0 Å². The van der Waals surface area contributed by atoms with Gasteiger partial charge in [-0.25, -0.2) is 4.37 Å². The van der Waals surface area contributed by atoms with Crippen LogP contribution < -0.4 is 5.32 Å². The van der Waals surface area contributed by atoms with Crippen LogP contribution in [0.25, 0.3) is 0 Å². The van der Waals surface area contributed by atoms with E-state index in [0.717, 1.165) is 11.8 Å². The summed E-state index contributed by atoms with van der Waals surface area (Å²) in [6.45, 7) is 2.37. The second-order valence-electron chi connectivity index (χ2n) is 4.30. The van der Waals surface area contributed by atoms with E-state index in [9.17, 15) is 0 Å². The van der Waals surface area contributed by atoms with Gasteiger partial charge in [0.2, 0.25) is 0 Å². The zero-order valence-electron chi connectivity index (χ0n) is 8.86. The third-order valence-electron chi connectivity index (χ3n) is 3.43. The van der Waals surface area contributed by atoms with Crippen molar-refractivity contribution in [1.29, 1.82) is 0 Å². The van der Waals surface area contributed by atoms with Gasteiger partial charge in [0.05, 0.1) is 0 Å². The van der Waals surface area contributed by atoms with E-state index in [-0.39, 0.29) is 0 Å². The fourth-order valence-corrected chi connectivity index (χ4v) is 3.23. The number of nitrogens with zero attached hydrogens (tertiary/aromatic N) is 1. The standard InChI is InChI=1S/C11H18N2S/c1-8-3-4-9(12-2)7-10(8)11-5-6-13-14-11/h5-6,8-10,12H,3-4,7H2,1-2H3. The lowest BCUT2D eigenvalue weighted by Crippen LogP contribution is -2.33. The Hall–Kier alpha value is -0.410. The molecule has 3 heteroatoms. The molecule has 2 nitrogen and oxygen atoms in total. The molecule has 0 aromatic carbocycles. The highest BCUT2D eigenvalue weighted by Gasteiger charge is 2.28. The Bertz CT molecular complexity index is 271. The van der Waals surface area contributed by atoms with Crippen molar-refractivity contribution in [1.82, 2.24) is 9.69 Å². The zero-order chi connectivity index (χ0) is 9.97. The quantitative estimate of drug-likeness (QED) is 0.811. The predicted octanol–water partition coefficient (Wildman–Crippen LogP) is 2.63. The Kier molecular flexibility index (Phi) is 3.19. The van der Waals surface area contributed by atoms with E-state index < -0.39 is 0 Å². The van der Waals surface area contributed by atoms with Crippen LogP contribution in [-0.4, -0.2) is 17.5 Å². The molecule has 0 saturated heterocycles. The normalized spacial score (nSPS) is 33.1. The number of rotatable bonds is 2. The molecule has 0 amide bonds. The van der Waals surface area contributed by atoms with Gasteiger partial charge in [0.25, 0.3) is 0 Å². The summed E-state index contributed by atoms with van der Waals surface area (Å²) in [4.78, 5) is 1.47. The van der Waals surface area contributed by atoms with Gasteiger partial charge in [-0.15, -0.1) is 0 Å². The molecule has 0 spiro atoms. The third-order valence-corrected chi connectivity index (χ3v) is 4.30. The second-order valence-corrected chi connectivity index (χ2v) is 5.16. The molecular formula is C11H18N2S. The minimum absolute atomic E-state index is 0.707. The maximum Gasteiger partial charge on any atom is 0.0409 e. The van der Waals surface area contributed by atoms with Crippen LogP contribution in [0, 0.1) is 5.92 Å². The average Bonchev–Trinajstić information content (AvgIpc) is 2.71. The summed E-state index contributed by atoms with van der Waals surface area (Å²) in [6.07, 6.45) is 5.87. The van der Waals surface area contributed by atoms with Crippen molar-refractivity contribution in [3.8, 4) is 0 Å². The summed E-state index contributed by atoms with van der Waals surface area (Å²) in [7, 11) is 2.07. The van der Waals surface area contributed by atoms with Crippen LogP contribution in [0.3, 0.4) is 0 Å². The smallest absolute Gasteiger partial charge is 0.0409 e. The number of hydrogen-bond donors (Lipinski definition) is 1. The van der Waals surface area contributed by atoms with Gasteiger partial charge in [-0.05, 0) is 55.7 Å². The van der Waals surface area contributed by atoms with E-state index >= 15 is 0 Å². The number of aromatic nitrogens is 1. The van der Waals surface area contributed by atoms with Crippen LogP contribution >= 0.6 is 11.5 Å². The summed E-state index contributed by atoms with van der Waals surface area (Å²) >= 11 is 1.67. The van der Waals surface area contributed by atoms with Crippen LogP contribution in [0.1, 0.15) is 37.0 Å². The molecule has 1 aromatic rings. The van der Waals surface area contributed by atoms with Crippen molar-refractivity contribution in [2.75, 3.05) is 7.05 Å². The molecule has 0 aliphatic heterocycles. The lowest BCUT2D eigenvalue weighted by molar-refractivity contribution is 0.280. The Balaban J connectivity index is 2.09. The molecule has 1 heterocycles. The van der Waals surface area contributed by atoms with Gasteiger partial charge in [0.1, 0.15) is 0 Å². The van der Waals surface area contributed by atoms with Crippen molar-refractivity contribution in [3.05, 3.63) is 17.1 Å². The fourth-order valence-electron chi connectivity index (χ4n) is 2.40. The molecular weight excluding hydrogens is 192 g/mol. The molecule has 1 saturated carbocycles. The summed E-state index contributed by atoms with van der Waals surface area (Å²) in [6, 6.07) is 2.89. The zero-order valence-corrected chi connectivity index (χ0v) is 9.68. The van der Waals surface area contributed by atoms with E-state index in [1.807, 2.05) is 6.20 Å². The topological polar surface area (TPSA) is 24.9 Å². The highest BCUT2D eigenvalue weighted by Crippen LogP contribution is 2.38. The molecule has 1 aliphatic rings. The van der Waals surface area contributed by atoms with Crippen molar-refractivity contribution >= 4 is 11.5 Å². The van der Waals surface area contributed by atoms with Crippen LogP contribution in [0.15, 0.2) is 12.3 Å². The Morgan fingerprint density at radius 2 is 2.36 bits per heavy atom. The molecule has 0 radical (unpaired) electrons.